The van der Waals surface area contributed by atoms with Crippen molar-refractivity contribution in [2.24, 2.45) is 5.92 Å². The maximum atomic E-state index is 12.4. The molecule has 0 bridgehead atoms. The van der Waals surface area contributed by atoms with E-state index >= 15 is 0 Å². The minimum absolute atomic E-state index is 0.0365. The van der Waals surface area contributed by atoms with Gasteiger partial charge < -0.3 is 10.2 Å². The van der Waals surface area contributed by atoms with Crippen molar-refractivity contribution in [1.29, 1.82) is 0 Å². The largest absolute Gasteiger partial charge is 0.352 e. The van der Waals surface area contributed by atoms with Crippen molar-refractivity contribution in [3.05, 3.63) is 59.7 Å². The first-order chi connectivity index (χ1) is 13.0. The molecule has 0 radical (unpaired) electrons. The Kier molecular flexibility index (Phi) is 6.40. The molecule has 1 aliphatic heterocycles. The van der Waals surface area contributed by atoms with E-state index < -0.39 is 0 Å². The average molecular weight is 364 g/mol. The van der Waals surface area contributed by atoms with Crippen molar-refractivity contribution in [2.45, 2.75) is 26.2 Å². The predicted octanol–water partition coefficient (Wildman–Crippen LogP) is 4.02. The summed E-state index contributed by atoms with van der Waals surface area (Å²) in [5.74, 6) is 0.681. The molecule has 0 aromatic heterocycles. The van der Waals surface area contributed by atoms with E-state index in [2.05, 4.69) is 17.3 Å². The summed E-state index contributed by atoms with van der Waals surface area (Å²) in [6, 6.07) is 15.0. The van der Waals surface area contributed by atoms with Gasteiger partial charge >= 0.3 is 0 Å². The molecule has 1 amide bonds. The zero-order chi connectivity index (χ0) is 19.2. The summed E-state index contributed by atoms with van der Waals surface area (Å²) in [6.07, 6.45) is 3.53. The van der Waals surface area contributed by atoms with Gasteiger partial charge in [0.05, 0.1) is 0 Å². The van der Waals surface area contributed by atoms with Gasteiger partial charge in [0.2, 0.25) is 0 Å². The van der Waals surface area contributed by atoms with E-state index in [4.69, 9.17) is 0 Å². The fourth-order valence-corrected chi connectivity index (χ4v) is 3.84. The van der Waals surface area contributed by atoms with E-state index in [9.17, 15) is 9.59 Å². The molecule has 1 heterocycles. The lowest BCUT2D eigenvalue weighted by atomic mass is 9.95. The number of nitrogens with zero attached hydrogens (tertiary/aromatic N) is 1. The van der Waals surface area contributed by atoms with E-state index in [0.717, 1.165) is 24.1 Å². The van der Waals surface area contributed by atoms with Crippen molar-refractivity contribution in [3.8, 4) is 11.1 Å². The molecule has 0 aliphatic carbocycles. The molecule has 1 aliphatic rings. The van der Waals surface area contributed by atoms with Gasteiger partial charge in [-0.3, -0.25) is 9.59 Å². The Morgan fingerprint density at radius 3 is 2.56 bits per heavy atom. The molecule has 4 nitrogen and oxygen atoms in total. The number of piperidine rings is 1. The van der Waals surface area contributed by atoms with Crippen molar-refractivity contribution in [3.63, 3.8) is 0 Å². The predicted molar refractivity (Wildman–Crippen MR) is 109 cm³/mol. The number of amides is 1. The molecule has 0 saturated carbocycles. The van der Waals surface area contributed by atoms with Gasteiger partial charge in [-0.2, -0.15) is 0 Å². The Bertz CT molecular complexity index is 798. The standard InChI is InChI=1S/C23H28N2O2/c1-17(26)21-7-3-4-8-22(21)19-9-11-20(12-10-19)23(27)24-14-13-18-6-5-15-25(2)16-18/h3-4,7-12,18H,5-6,13-16H2,1-2H3,(H,24,27)/t18-/m1/s1. The molecular weight excluding hydrogens is 336 g/mol. The second kappa shape index (κ2) is 8.96. The number of rotatable bonds is 6. The number of Topliss-reactive ketones (excluding diaryl/α,β-unsaturated/α-hetero) is 1. The minimum atomic E-state index is -0.0365. The monoisotopic (exact) mass is 364 g/mol. The maximum Gasteiger partial charge on any atom is 0.251 e. The van der Waals surface area contributed by atoms with Crippen molar-refractivity contribution >= 4 is 11.7 Å². The number of likely N-dealkylation sites (tertiary alicyclic amines) is 1. The van der Waals surface area contributed by atoms with Crippen LogP contribution < -0.4 is 5.32 Å². The molecule has 4 heteroatoms. The Morgan fingerprint density at radius 1 is 1.11 bits per heavy atom. The number of benzene rings is 2. The summed E-state index contributed by atoms with van der Waals surface area (Å²) in [7, 11) is 2.16. The van der Waals surface area contributed by atoms with Gasteiger partial charge in [0.1, 0.15) is 0 Å². The number of hydrogen-bond donors (Lipinski definition) is 1. The molecule has 3 rings (SSSR count). The van der Waals surface area contributed by atoms with Gasteiger partial charge in [-0.25, -0.2) is 0 Å². The smallest absolute Gasteiger partial charge is 0.251 e. The lowest BCUT2D eigenvalue weighted by Crippen LogP contribution is -2.34. The molecule has 0 unspecified atom stereocenters. The minimum Gasteiger partial charge on any atom is -0.352 e. The SMILES string of the molecule is CC(=O)c1ccccc1-c1ccc(C(=O)NCC[C@H]2CCCN(C)C2)cc1. The van der Waals surface area contributed by atoms with Crippen molar-refractivity contribution in [1.82, 2.24) is 10.2 Å². The summed E-state index contributed by atoms with van der Waals surface area (Å²) in [5, 5.41) is 3.04. The fourth-order valence-electron chi connectivity index (χ4n) is 3.84. The van der Waals surface area contributed by atoms with Crippen LogP contribution in [0.5, 0.6) is 0 Å². The first kappa shape index (κ1) is 19.3. The average Bonchev–Trinajstić information content (AvgIpc) is 2.68. The first-order valence-electron chi connectivity index (χ1n) is 9.71. The molecule has 1 saturated heterocycles. The first-order valence-corrected chi connectivity index (χ1v) is 9.71. The van der Waals surface area contributed by atoms with Crippen LogP contribution in [0.25, 0.3) is 11.1 Å². The highest BCUT2D eigenvalue weighted by atomic mass is 16.1. The van der Waals surface area contributed by atoms with Gasteiger partial charge in [0.15, 0.2) is 5.78 Å². The van der Waals surface area contributed by atoms with Gasteiger partial charge in [-0.15, -0.1) is 0 Å². The highest BCUT2D eigenvalue weighted by Gasteiger charge is 2.17. The van der Waals surface area contributed by atoms with Gasteiger partial charge in [-0.1, -0.05) is 36.4 Å². The number of hydrogen-bond acceptors (Lipinski definition) is 3. The van der Waals surface area contributed by atoms with Gasteiger partial charge in [0, 0.05) is 24.2 Å². The molecule has 1 N–H and O–H groups in total. The normalized spacial score (nSPS) is 17.5. The van der Waals surface area contributed by atoms with Crippen molar-refractivity contribution < 1.29 is 9.59 Å². The highest BCUT2D eigenvalue weighted by Crippen LogP contribution is 2.24. The summed E-state index contributed by atoms with van der Waals surface area (Å²) in [6.45, 7) is 4.60. The topological polar surface area (TPSA) is 49.4 Å². The molecule has 2 aromatic carbocycles. The van der Waals surface area contributed by atoms with Gasteiger partial charge in [0.25, 0.3) is 5.91 Å². The van der Waals surface area contributed by atoms with Crippen molar-refractivity contribution in [2.75, 3.05) is 26.7 Å². The summed E-state index contributed by atoms with van der Waals surface area (Å²) < 4.78 is 0. The van der Waals surface area contributed by atoms with E-state index in [-0.39, 0.29) is 11.7 Å². The maximum absolute atomic E-state index is 12.4. The van der Waals surface area contributed by atoms with Crippen LogP contribution in [0, 0.1) is 5.92 Å². The molecule has 27 heavy (non-hydrogen) atoms. The lowest BCUT2D eigenvalue weighted by Gasteiger charge is -2.29. The second-order valence-electron chi connectivity index (χ2n) is 7.49. The number of nitrogens with one attached hydrogen (secondary N) is 1. The lowest BCUT2D eigenvalue weighted by molar-refractivity contribution is 0.0947. The number of ketones is 1. The fraction of sp³-hybridized carbons (Fsp3) is 0.391. The molecule has 1 fully saturated rings. The quantitative estimate of drug-likeness (QED) is 0.788. The Labute approximate surface area is 161 Å². The zero-order valence-corrected chi connectivity index (χ0v) is 16.2. The molecule has 2 aromatic rings. The van der Waals surface area contributed by atoms with Crippen LogP contribution in [0.3, 0.4) is 0 Å². The second-order valence-corrected chi connectivity index (χ2v) is 7.49. The van der Waals surface area contributed by atoms with Crippen LogP contribution in [-0.4, -0.2) is 43.3 Å². The van der Waals surface area contributed by atoms with Crippen LogP contribution in [0.2, 0.25) is 0 Å². The Balaban J connectivity index is 1.58. The number of carbonyl (C=O) groups is 2. The van der Waals surface area contributed by atoms with E-state index in [0.29, 0.717) is 23.6 Å². The molecule has 142 valence electrons. The molecule has 0 spiro atoms. The Morgan fingerprint density at radius 2 is 1.85 bits per heavy atom. The third-order valence-corrected chi connectivity index (χ3v) is 5.32. The van der Waals surface area contributed by atoms with E-state index in [1.165, 1.54) is 19.4 Å². The van der Waals surface area contributed by atoms with E-state index in [1.807, 2.05) is 48.5 Å². The summed E-state index contributed by atoms with van der Waals surface area (Å²) >= 11 is 0. The third kappa shape index (κ3) is 5.04. The highest BCUT2D eigenvalue weighted by molar-refractivity contribution is 6.01. The van der Waals surface area contributed by atoms with E-state index in [1.54, 1.807) is 6.92 Å². The van der Waals surface area contributed by atoms with Crippen LogP contribution in [0.15, 0.2) is 48.5 Å². The van der Waals surface area contributed by atoms with Crippen LogP contribution in [0.4, 0.5) is 0 Å². The summed E-state index contributed by atoms with van der Waals surface area (Å²) in [4.78, 5) is 26.6. The number of carbonyl (C=O) groups excluding carboxylic acids is 2. The Hall–Kier alpha value is -2.46. The zero-order valence-electron chi connectivity index (χ0n) is 16.2. The third-order valence-electron chi connectivity index (χ3n) is 5.32. The van der Waals surface area contributed by atoms with Crippen LogP contribution in [-0.2, 0) is 0 Å². The van der Waals surface area contributed by atoms with Gasteiger partial charge in [-0.05, 0) is 69.0 Å². The van der Waals surface area contributed by atoms with Crippen LogP contribution >= 0.6 is 0 Å². The molecule has 1 atom stereocenters. The van der Waals surface area contributed by atoms with Crippen LogP contribution in [0.1, 0.15) is 46.9 Å². The summed E-state index contributed by atoms with van der Waals surface area (Å²) in [5.41, 5.74) is 3.20. The molecular formula is C23H28N2O2.